The molecule has 0 radical (unpaired) electrons. The number of rotatable bonds is 7. The molecule has 0 amide bonds. The first kappa shape index (κ1) is 20.8. The first-order valence-corrected chi connectivity index (χ1v) is 9.64. The molecule has 1 aliphatic rings. The van der Waals surface area contributed by atoms with Crippen molar-refractivity contribution in [3.63, 3.8) is 0 Å². The van der Waals surface area contributed by atoms with Gasteiger partial charge in [-0.2, -0.15) is 0 Å². The van der Waals surface area contributed by atoms with E-state index in [1.54, 1.807) is 30.5 Å². The van der Waals surface area contributed by atoms with Crippen LogP contribution in [0.5, 0.6) is 0 Å². The molecular formula is C20H23ClN6O2. The van der Waals surface area contributed by atoms with Gasteiger partial charge in [-0.3, -0.25) is 0 Å². The van der Waals surface area contributed by atoms with Crippen molar-refractivity contribution in [3.05, 3.63) is 52.9 Å². The van der Waals surface area contributed by atoms with Crippen LogP contribution < -0.4 is 16.0 Å². The standard InChI is InChI=1S/C20H23ClN6O2/c1-29-19(28)14-4-2-13(3-5-14)18-17(21)12-25-20(27-18)26-16(10-22)11-24-15-6-8-23-9-7-15/h2-5,10-12,15,22-24H,6-9H2,1H3,(H,25,26,27)/b16-11+,22-10?. The number of hydrogen-bond acceptors (Lipinski definition) is 8. The zero-order chi connectivity index (χ0) is 20.6. The van der Waals surface area contributed by atoms with Crippen LogP contribution in [0.1, 0.15) is 23.2 Å². The Bertz CT molecular complexity index is 894. The molecule has 3 rings (SSSR count). The average molecular weight is 415 g/mol. The molecule has 29 heavy (non-hydrogen) atoms. The molecule has 1 aliphatic heterocycles. The highest BCUT2D eigenvalue weighted by Crippen LogP contribution is 2.26. The Hall–Kier alpha value is -2.97. The maximum Gasteiger partial charge on any atom is 0.337 e. The van der Waals surface area contributed by atoms with Crippen molar-refractivity contribution < 1.29 is 9.53 Å². The van der Waals surface area contributed by atoms with E-state index in [1.165, 1.54) is 19.5 Å². The number of hydrogen-bond donors (Lipinski definition) is 4. The van der Waals surface area contributed by atoms with Crippen LogP contribution >= 0.6 is 11.6 Å². The van der Waals surface area contributed by atoms with E-state index in [4.69, 9.17) is 21.7 Å². The third-order valence-electron chi connectivity index (χ3n) is 4.55. The largest absolute Gasteiger partial charge is 0.465 e. The van der Waals surface area contributed by atoms with Crippen LogP contribution in [0.15, 0.2) is 42.4 Å². The number of benzene rings is 1. The summed E-state index contributed by atoms with van der Waals surface area (Å²) in [4.78, 5) is 20.3. The number of methoxy groups -OCH3 is 1. The van der Waals surface area contributed by atoms with Crippen LogP contribution in [-0.4, -0.2) is 48.4 Å². The fourth-order valence-corrected chi connectivity index (χ4v) is 3.15. The molecule has 0 saturated carbocycles. The Morgan fingerprint density at radius 3 is 2.69 bits per heavy atom. The van der Waals surface area contributed by atoms with E-state index in [0.717, 1.165) is 31.5 Å². The van der Waals surface area contributed by atoms with Gasteiger partial charge in [-0.25, -0.2) is 14.8 Å². The van der Waals surface area contributed by atoms with Crippen LogP contribution in [-0.2, 0) is 4.74 Å². The third-order valence-corrected chi connectivity index (χ3v) is 4.83. The van der Waals surface area contributed by atoms with Crippen LogP contribution in [0.3, 0.4) is 0 Å². The Morgan fingerprint density at radius 1 is 1.31 bits per heavy atom. The lowest BCUT2D eigenvalue weighted by Gasteiger charge is -2.23. The van der Waals surface area contributed by atoms with E-state index in [1.807, 2.05) is 0 Å². The lowest BCUT2D eigenvalue weighted by molar-refractivity contribution is 0.0601. The van der Waals surface area contributed by atoms with Crippen LogP contribution in [0.4, 0.5) is 5.95 Å². The summed E-state index contributed by atoms with van der Waals surface area (Å²) in [6.07, 6.45) is 6.54. The normalized spacial score (nSPS) is 14.9. The number of piperidine rings is 1. The highest BCUT2D eigenvalue weighted by atomic mass is 35.5. The topological polar surface area (TPSA) is 112 Å². The highest BCUT2D eigenvalue weighted by molar-refractivity contribution is 6.32. The Morgan fingerprint density at radius 2 is 2.03 bits per heavy atom. The molecule has 1 saturated heterocycles. The second-order valence-corrected chi connectivity index (χ2v) is 6.93. The molecule has 1 fully saturated rings. The van der Waals surface area contributed by atoms with Gasteiger partial charge in [0.15, 0.2) is 0 Å². The quantitative estimate of drug-likeness (QED) is 0.407. The smallest absolute Gasteiger partial charge is 0.337 e. The van der Waals surface area contributed by atoms with Gasteiger partial charge in [0.25, 0.3) is 0 Å². The number of nitrogens with one attached hydrogen (secondary N) is 4. The van der Waals surface area contributed by atoms with Crippen LogP contribution in [0.2, 0.25) is 5.02 Å². The van der Waals surface area contributed by atoms with E-state index in [9.17, 15) is 4.79 Å². The fraction of sp³-hybridized carbons (Fsp3) is 0.300. The minimum absolute atomic E-state index is 0.323. The van der Waals surface area contributed by atoms with Gasteiger partial charge in [0, 0.05) is 24.0 Å². The van der Waals surface area contributed by atoms with Gasteiger partial charge in [0.05, 0.1) is 35.3 Å². The molecule has 0 unspecified atom stereocenters. The lowest BCUT2D eigenvalue weighted by atomic mass is 10.1. The van der Waals surface area contributed by atoms with Gasteiger partial charge < -0.3 is 26.1 Å². The molecular weight excluding hydrogens is 392 g/mol. The van der Waals surface area contributed by atoms with Gasteiger partial charge in [0.2, 0.25) is 5.95 Å². The zero-order valence-corrected chi connectivity index (χ0v) is 16.8. The van der Waals surface area contributed by atoms with Crippen LogP contribution in [0.25, 0.3) is 11.3 Å². The van der Waals surface area contributed by atoms with E-state index in [-0.39, 0.29) is 0 Å². The van der Waals surface area contributed by atoms with Gasteiger partial charge in [0.1, 0.15) is 0 Å². The minimum Gasteiger partial charge on any atom is -0.465 e. The van der Waals surface area contributed by atoms with Gasteiger partial charge in [-0.1, -0.05) is 23.7 Å². The van der Waals surface area contributed by atoms with Crippen molar-refractivity contribution in [2.24, 2.45) is 0 Å². The predicted octanol–water partition coefficient (Wildman–Crippen LogP) is 2.83. The van der Waals surface area contributed by atoms with Crippen LogP contribution in [0, 0.1) is 5.41 Å². The van der Waals surface area contributed by atoms with E-state index in [0.29, 0.717) is 34.0 Å². The van der Waals surface area contributed by atoms with E-state index < -0.39 is 5.97 Å². The third kappa shape index (κ3) is 5.52. The Kier molecular flexibility index (Phi) is 7.15. The molecule has 1 aromatic heterocycles. The maximum atomic E-state index is 11.6. The number of aromatic nitrogens is 2. The molecule has 0 spiro atoms. The molecule has 2 aromatic rings. The summed E-state index contributed by atoms with van der Waals surface area (Å²) in [6, 6.07) is 7.17. The van der Waals surface area contributed by atoms with E-state index >= 15 is 0 Å². The summed E-state index contributed by atoms with van der Waals surface area (Å²) in [6.45, 7) is 1.97. The average Bonchev–Trinajstić information content (AvgIpc) is 2.78. The number of anilines is 1. The van der Waals surface area contributed by atoms with Crippen molar-refractivity contribution >= 4 is 29.7 Å². The monoisotopic (exact) mass is 414 g/mol. The Balaban J connectivity index is 1.75. The summed E-state index contributed by atoms with van der Waals surface area (Å²) < 4.78 is 4.71. The molecule has 9 heteroatoms. The summed E-state index contributed by atoms with van der Waals surface area (Å²) in [7, 11) is 1.34. The van der Waals surface area contributed by atoms with Crippen molar-refractivity contribution in [2.45, 2.75) is 18.9 Å². The van der Waals surface area contributed by atoms with Crippen molar-refractivity contribution in [1.29, 1.82) is 5.41 Å². The number of allylic oxidation sites excluding steroid dienone is 1. The first-order chi connectivity index (χ1) is 14.1. The summed E-state index contributed by atoms with van der Waals surface area (Å²) in [5, 5.41) is 17.7. The number of carbonyl (C=O) groups is 1. The first-order valence-electron chi connectivity index (χ1n) is 9.26. The molecule has 0 bridgehead atoms. The molecule has 4 N–H and O–H groups in total. The number of carbonyl (C=O) groups excluding carboxylic acids is 1. The van der Waals surface area contributed by atoms with E-state index in [2.05, 4.69) is 25.9 Å². The molecule has 0 aliphatic carbocycles. The Labute approximate surface area is 174 Å². The second-order valence-electron chi connectivity index (χ2n) is 6.52. The SMILES string of the molecule is COC(=O)c1ccc(-c2nc(N/C(C=N)=C/NC3CCNCC3)ncc2Cl)cc1. The molecule has 1 aromatic carbocycles. The second kappa shape index (κ2) is 9.99. The molecule has 2 heterocycles. The number of halogens is 1. The van der Waals surface area contributed by atoms with Crippen molar-refractivity contribution in [1.82, 2.24) is 20.6 Å². The summed E-state index contributed by atoms with van der Waals surface area (Å²) >= 11 is 6.27. The fourth-order valence-electron chi connectivity index (χ4n) is 2.95. The van der Waals surface area contributed by atoms with Gasteiger partial charge in [-0.15, -0.1) is 0 Å². The zero-order valence-electron chi connectivity index (χ0n) is 16.0. The molecule has 152 valence electrons. The minimum atomic E-state index is -0.408. The lowest BCUT2D eigenvalue weighted by Crippen LogP contribution is -2.38. The summed E-state index contributed by atoms with van der Waals surface area (Å²) in [5.74, 6) is -0.0852. The van der Waals surface area contributed by atoms with Crippen molar-refractivity contribution in [3.8, 4) is 11.3 Å². The number of esters is 1. The number of nitrogens with zero attached hydrogens (tertiary/aromatic N) is 2. The van der Waals surface area contributed by atoms with Gasteiger partial charge >= 0.3 is 5.97 Å². The van der Waals surface area contributed by atoms with Crippen molar-refractivity contribution in [2.75, 3.05) is 25.5 Å². The highest BCUT2D eigenvalue weighted by Gasteiger charge is 2.13. The molecule has 0 atom stereocenters. The predicted molar refractivity (Wildman–Crippen MR) is 113 cm³/mol. The number of ether oxygens (including phenoxy) is 1. The summed E-state index contributed by atoms with van der Waals surface area (Å²) in [5.41, 5.74) is 2.24. The molecule has 8 nitrogen and oxygen atoms in total. The van der Waals surface area contributed by atoms with Gasteiger partial charge in [-0.05, 0) is 38.1 Å². The maximum absolute atomic E-state index is 11.6.